The lowest BCUT2D eigenvalue weighted by Gasteiger charge is -2.14. The lowest BCUT2D eigenvalue weighted by Crippen LogP contribution is -2.22. The van der Waals surface area contributed by atoms with Crippen LogP contribution in [-0.2, 0) is 17.1 Å². The van der Waals surface area contributed by atoms with Gasteiger partial charge in [0.25, 0.3) is 0 Å². The van der Waals surface area contributed by atoms with Crippen LogP contribution < -0.4 is 4.80 Å². The summed E-state index contributed by atoms with van der Waals surface area (Å²) in [5.41, 5.74) is 3.32. The second-order valence-corrected chi connectivity index (χ2v) is 9.30. The van der Waals surface area contributed by atoms with E-state index in [0.717, 1.165) is 21.6 Å². The topological polar surface area (TPSA) is 54.7 Å². The molecule has 3 aromatic rings. The summed E-state index contributed by atoms with van der Waals surface area (Å²) in [4.78, 5) is 5.53. The van der Waals surface area contributed by atoms with E-state index in [1.165, 1.54) is 41.9 Å². The van der Waals surface area contributed by atoms with E-state index in [1.807, 2.05) is 23.9 Å². The molecule has 1 aromatic heterocycles. The van der Waals surface area contributed by atoms with Gasteiger partial charge >= 0.3 is 0 Å². The third-order valence-electron chi connectivity index (χ3n) is 4.24. The van der Waals surface area contributed by atoms with Crippen LogP contribution in [0.5, 0.6) is 0 Å². The van der Waals surface area contributed by atoms with Crippen molar-refractivity contribution in [1.29, 1.82) is 0 Å². The summed E-state index contributed by atoms with van der Waals surface area (Å²) in [5, 5.41) is 1.94. The Bertz CT molecular complexity index is 1150. The Labute approximate surface area is 178 Å². The summed E-state index contributed by atoms with van der Waals surface area (Å²) in [6.45, 7) is 1.94. The van der Waals surface area contributed by atoms with Crippen molar-refractivity contribution in [2.75, 3.05) is 14.1 Å². The van der Waals surface area contributed by atoms with Crippen molar-refractivity contribution in [3.63, 3.8) is 0 Å². The lowest BCUT2D eigenvalue weighted by molar-refractivity contribution is 0.521. The summed E-state index contributed by atoms with van der Waals surface area (Å²) in [5.74, 6) is -0.306. The molecular weight excluding hydrogens is 465 g/mol. The second kappa shape index (κ2) is 8.69. The van der Waals surface area contributed by atoms with Crippen molar-refractivity contribution >= 4 is 44.0 Å². The molecule has 0 bridgehead atoms. The summed E-state index contributed by atoms with van der Waals surface area (Å²) in [6.07, 6.45) is 0. The van der Waals surface area contributed by atoms with E-state index in [-0.39, 0.29) is 27.7 Å². The van der Waals surface area contributed by atoms with E-state index in [0.29, 0.717) is 5.69 Å². The van der Waals surface area contributed by atoms with Gasteiger partial charge < -0.3 is 4.57 Å². The van der Waals surface area contributed by atoms with Gasteiger partial charge in [-0.15, -0.1) is 28.3 Å². The van der Waals surface area contributed by atoms with Gasteiger partial charge in [0.2, 0.25) is 10.0 Å². The van der Waals surface area contributed by atoms with Crippen LogP contribution in [0.15, 0.2) is 57.7 Å². The SMILES string of the molecule is Br.Cc1ccc(S(=O)(=O)N(C)C)cc1-c1csc(=Nc2ccc(F)cc2)n1C. The predicted octanol–water partition coefficient (Wildman–Crippen LogP) is 4.26. The molecule has 0 atom stereocenters. The molecule has 3 rings (SSSR count). The average molecular weight is 486 g/mol. The number of aromatic nitrogens is 1. The number of aryl methyl sites for hydroxylation is 1. The van der Waals surface area contributed by atoms with Gasteiger partial charge in [-0.05, 0) is 48.9 Å². The highest BCUT2D eigenvalue weighted by atomic mass is 79.9. The molecule has 0 amide bonds. The minimum absolute atomic E-state index is 0. The molecule has 0 unspecified atom stereocenters. The maximum Gasteiger partial charge on any atom is 0.242 e. The maximum absolute atomic E-state index is 13.1. The molecule has 0 fully saturated rings. The predicted molar refractivity (Wildman–Crippen MR) is 116 cm³/mol. The average Bonchev–Trinajstić information content (AvgIpc) is 2.97. The highest BCUT2D eigenvalue weighted by Gasteiger charge is 2.19. The molecule has 0 aliphatic rings. The number of rotatable bonds is 4. The first-order chi connectivity index (χ1) is 12.7. The summed E-state index contributed by atoms with van der Waals surface area (Å²) in [6, 6.07) is 11.1. The summed E-state index contributed by atoms with van der Waals surface area (Å²) >= 11 is 1.44. The molecule has 0 spiro atoms. The Hall–Kier alpha value is -1.81. The Balaban J connectivity index is 0.00000280. The Morgan fingerprint density at radius 2 is 1.75 bits per heavy atom. The maximum atomic E-state index is 13.1. The molecule has 5 nitrogen and oxygen atoms in total. The molecule has 0 saturated heterocycles. The van der Waals surface area contributed by atoms with E-state index >= 15 is 0 Å². The zero-order valence-corrected chi connectivity index (χ0v) is 19.2. The van der Waals surface area contributed by atoms with Gasteiger partial charge in [0.15, 0.2) is 4.80 Å². The van der Waals surface area contributed by atoms with Crippen LogP contribution in [0, 0.1) is 12.7 Å². The standard InChI is InChI=1S/C19H20FN3O2S2.BrH/c1-13-5-10-16(27(24,25)22(2)3)11-17(13)18-12-26-19(23(18)4)21-15-8-6-14(20)7-9-15;/h5-12H,1-4H3;1H. The number of sulfonamides is 1. The summed E-state index contributed by atoms with van der Waals surface area (Å²) in [7, 11) is 1.39. The smallest absolute Gasteiger partial charge is 0.242 e. The quantitative estimate of drug-likeness (QED) is 0.554. The lowest BCUT2D eigenvalue weighted by atomic mass is 10.1. The number of thiazole rings is 1. The Morgan fingerprint density at radius 3 is 2.36 bits per heavy atom. The zero-order valence-electron chi connectivity index (χ0n) is 15.9. The fourth-order valence-corrected chi connectivity index (χ4v) is 4.43. The normalized spacial score (nSPS) is 12.3. The van der Waals surface area contributed by atoms with Gasteiger partial charge in [0.05, 0.1) is 16.3 Å². The third-order valence-corrected chi connectivity index (χ3v) is 6.97. The largest absolute Gasteiger partial charge is 0.320 e. The Morgan fingerprint density at radius 1 is 1.11 bits per heavy atom. The van der Waals surface area contributed by atoms with Gasteiger partial charge in [0.1, 0.15) is 5.82 Å². The molecule has 0 saturated carbocycles. The molecule has 9 heteroatoms. The van der Waals surface area contributed by atoms with Crippen molar-refractivity contribution in [2.24, 2.45) is 12.0 Å². The first kappa shape index (κ1) is 22.5. The zero-order chi connectivity index (χ0) is 19.8. The Kier molecular flexibility index (Phi) is 6.97. The molecule has 1 heterocycles. The number of nitrogens with zero attached hydrogens (tertiary/aromatic N) is 3. The van der Waals surface area contributed by atoms with Gasteiger partial charge in [0, 0.05) is 32.1 Å². The van der Waals surface area contributed by atoms with Crippen LogP contribution in [0.25, 0.3) is 11.3 Å². The van der Waals surface area contributed by atoms with Crippen LogP contribution in [-0.4, -0.2) is 31.4 Å². The fourth-order valence-electron chi connectivity index (χ4n) is 2.59. The highest BCUT2D eigenvalue weighted by Crippen LogP contribution is 2.27. The fraction of sp³-hybridized carbons (Fsp3) is 0.211. The molecular formula is C19H21BrFN3O2S2. The van der Waals surface area contributed by atoms with Crippen molar-refractivity contribution in [3.05, 3.63) is 64.0 Å². The van der Waals surface area contributed by atoms with E-state index in [2.05, 4.69) is 4.99 Å². The minimum Gasteiger partial charge on any atom is -0.320 e. The molecule has 150 valence electrons. The molecule has 2 aromatic carbocycles. The number of benzene rings is 2. The molecule has 0 aliphatic heterocycles. The van der Waals surface area contributed by atoms with Gasteiger partial charge in [-0.1, -0.05) is 6.07 Å². The number of hydrogen-bond acceptors (Lipinski definition) is 4. The van der Waals surface area contributed by atoms with Gasteiger partial charge in [-0.25, -0.2) is 22.1 Å². The monoisotopic (exact) mass is 485 g/mol. The second-order valence-electron chi connectivity index (χ2n) is 6.31. The van der Waals surface area contributed by atoms with Crippen LogP contribution in [0.2, 0.25) is 0 Å². The van der Waals surface area contributed by atoms with Crippen molar-refractivity contribution in [3.8, 4) is 11.3 Å². The highest BCUT2D eigenvalue weighted by molar-refractivity contribution is 8.93. The first-order valence-electron chi connectivity index (χ1n) is 8.18. The van der Waals surface area contributed by atoms with Crippen LogP contribution in [0.3, 0.4) is 0 Å². The number of hydrogen-bond donors (Lipinski definition) is 0. The van der Waals surface area contributed by atoms with E-state index in [1.54, 1.807) is 30.3 Å². The van der Waals surface area contributed by atoms with Crippen molar-refractivity contribution in [1.82, 2.24) is 8.87 Å². The van der Waals surface area contributed by atoms with Gasteiger partial charge in [-0.2, -0.15) is 0 Å². The third kappa shape index (κ3) is 4.43. The molecule has 28 heavy (non-hydrogen) atoms. The minimum atomic E-state index is -3.51. The molecule has 0 N–H and O–H groups in total. The van der Waals surface area contributed by atoms with Crippen molar-refractivity contribution < 1.29 is 12.8 Å². The summed E-state index contributed by atoms with van der Waals surface area (Å²) < 4.78 is 41.1. The van der Waals surface area contributed by atoms with Crippen molar-refractivity contribution in [2.45, 2.75) is 11.8 Å². The van der Waals surface area contributed by atoms with Crippen LogP contribution in [0.4, 0.5) is 10.1 Å². The van der Waals surface area contributed by atoms with Gasteiger partial charge in [-0.3, -0.25) is 0 Å². The van der Waals surface area contributed by atoms with E-state index < -0.39 is 10.0 Å². The first-order valence-corrected chi connectivity index (χ1v) is 10.5. The molecule has 0 aliphatic carbocycles. The van der Waals surface area contributed by atoms with E-state index in [4.69, 9.17) is 0 Å². The van der Waals surface area contributed by atoms with E-state index in [9.17, 15) is 12.8 Å². The number of halogens is 2. The van der Waals surface area contributed by atoms with Crippen LogP contribution in [0.1, 0.15) is 5.56 Å². The molecule has 0 radical (unpaired) electrons. The van der Waals surface area contributed by atoms with Crippen LogP contribution >= 0.6 is 28.3 Å².